The van der Waals surface area contributed by atoms with Gasteiger partial charge in [-0.15, -0.1) is 11.3 Å². The molecule has 0 fully saturated rings. The van der Waals surface area contributed by atoms with E-state index in [4.69, 9.17) is 5.14 Å². The lowest BCUT2D eigenvalue weighted by Crippen LogP contribution is -2.24. The zero-order valence-electron chi connectivity index (χ0n) is 12.8. The van der Waals surface area contributed by atoms with Crippen LogP contribution < -0.4 is 15.2 Å². The molecule has 132 valence electrons. The van der Waals surface area contributed by atoms with Crippen LogP contribution in [-0.2, 0) is 33.6 Å². The van der Waals surface area contributed by atoms with Crippen molar-refractivity contribution in [3.8, 4) is 0 Å². The quantitative estimate of drug-likeness (QED) is 0.612. The molecule has 0 atom stereocenters. The van der Waals surface area contributed by atoms with Crippen LogP contribution in [-0.4, -0.2) is 34.4 Å². The molecule has 0 aromatic carbocycles. The highest BCUT2D eigenvalue weighted by Gasteiger charge is 2.19. The predicted octanol–water partition coefficient (Wildman–Crippen LogP) is -0.428. The molecule has 0 unspecified atom stereocenters. The Bertz CT molecular complexity index is 972. The summed E-state index contributed by atoms with van der Waals surface area (Å²) in [5, 5.41) is 7.63. The Morgan fingerprint density at radius 3 is 2.50 bits per heavy atom. The maximum atomic E-state index is 12.2. The summed E-state index contributed by atoms with van der Waals surface area (Å²) in [4.78, 5) is 12.8. The van der Waals surface area contributed by atoms with Crippen molar-refractivity contribution in [2.75, 3.05) is 7.05 Å². The minimum atomic E-state index is -3.77. The van der Waals surface area contributed by atoms with Gasteiger partial charge in [-0.1, -0.05) is 0 Å². The highest BCUT2D eigenvalue weighted by Crippen LogP contribution is 2.20. The molecule has 2 rings (SSSR count). The largest absolute Gasteiger partial charge is 0.346 e. The van der Waals surface area contributed by atoms with Crippen molar-refractivity contribution in [3.05, 3.63) is 35.0 Å². The third-order valence-electron chi connectivity index (χ3n) is 3.13. The van der Waals surface area contributed by atoms with Crippen LogP contribution in [0, 0.1) is 0 Å². The summed E-state index contributed by atoms with van der Waals surface area (Å²) in [6.07, 6.45) is 1.32. The first kappa shape index (κ1) is 18.6. The fourth-order valence-electron chi connectivity index (χ4n) is 1.89. The van der Waals surface area contributed by atoms with Crippen LogP contribution in [0.5, 0.6) is 0 Å². The number of primary sulfonamides is 1. The molecule has 0 saturated carbocycles. The van der Waals surface area contributed by atoms with Crippen LogP contribution in [0.3, 0.4) is 0 Å². The zero-order chi connectivity index (χ0) is 18.1. The summed E-state index contributed by atoms with van der Waals surface area (Å²) in [5.74, 6) is -0.486. The van der Waals surface area contributed by atoms with E-state index in [2.05, 4.69) is 10.0 Å². The fraction of sp³-hybridized carbons (Fsp3) is 0.250. The Morgan fingerprint density at radius 2 is 1.96 bits per heavy atom. The number of nitrogens with zero attached hydrogens (tertiary/aromatic N) is 1. The standard InChI is InChI=1S/C12H16N4O5S3/c1-14-24(20,21)9-5-10(16(2)7-9)12(17)15-6-8-3-4-11(22-8)23(13,18)19/h3-5,7,14H,6H2,1-2H3,(H,15,17)(H2,13,18,19). The maximum absolute atomic E-state index is 12.2. The SMILES string of the molecule is CNS(=O)(=O)c1cc(C(=O)NCc2ccc(S(N)(=O)=O)s2)n(C)c1. The highest BCUT2D eigenvalue weighted by atomic mass is 32.2. The molecule has 0 aliphatic carbocycles. The van der Waals surface area contributed by atoms with Gasteiger partial charge in [-0.25, -0.2) is 26.7 Å². The van der Waals surface area contributed by atoms with Gasteiger partial charge in [-0.2, -0.15) is 0 Å². The molecule has 2 aromatic heterocycles. The number of hydrogen-bond acceptors (Lipinski definition) is 6. The van der Waals surface area contributed by atoms with E-state index in [1.807, 2.05) is 0 Å². The number of aromatic nitrogens is 1. The van der Waals surface area contributed by atoms with Crippen LogP contribution in [0.4, 0.5) is 0 Å². The van der Waals surface area contributed by atoms with Gasteiger partial charge in [0.1, 0.15) is 14.8 Å². The average Bonchev–Trinajstić information content (AvgIpc) is 3.11. The second kappa shape index (κ2) is 6.64. The van der Waals surface area contributed by atoms with Gasteiger partial charge in [-0.05, 0) is 25.2 Å². The van der Waals surface area contributed by atoms with E-state index in [0.717, 1.165) is 11.3 Å². The lowest BCUT2D eigenvalue weighted by molar-refractivity contribution is 0.0943. The van der Waals surface area contributed by atoms with Crippen LogP contribution in [0.25, 0.3) is 0 Å². The Labute approximate surface area is 143 Å². The van der Waals surface area contributed by atoms with Gasteiger partial charge in [0.25, 0.3) is 5.91 Å². The van der Waals surface area contributed by atoms with E-state index < -0.39 is 26.0 Å². The van der Waals surface area contributed by atoms with E-state index in [1.165, 1.54) is 29.9 Å². The van der Waals surface area contributed by atoms with Crippen molar-refractivity contribution in [3.63, 3.8) is 0 Å². The molecule has 9 nitrogen and oxygen atoms in total. The second-order valence-electron chi connectivity index (χ2n) is 4.83. The summed E-state index contributed by atoms with van der Waals surface area (Å²) in [5.41, 5.74) is 0.159. The summed E-state index contributed by atoms with van der Waals surface area (Å²) in [7, 11) is -4.58. The molecule has 0 spiro atoms. The smallest absolute Gasteiger partial charge is 0.268 e. The molecule has 4 N–H and O–H groups in total. The monoisotopic (exact) mass is 392 g/mol. The number of carbonyl (C=O) groups excluding carboxylic acids is 1. The van der Waals surface area contributed by atoms with Gasteiger partial charge < -0.3 is 9.88 Å². The van der Waals surface area contributed by atoms with Crippen molar-refractivity contribution in [1.82, 2.24) is 14.6 Å². The normalized spacial score (nSPS) is 12.3. The molecule has 0 aliphatic heterocycles. The fourth-order valence-corrected chi connectivity index (χ4v) is 4.41. The van der Waals surface area contributed by atoms with Gasteiger partial charge in [0, 0.05) is 18.1 Å². The van der Waals surface area contributed by atoms with Gasteiger partial charge in [-0.3, -0.25) is 4.79 Å². The van der Waals surface area contributed by atoms with E-state index >= 15 is 0 Å². The number of thiophene rings is 1. The lowest BCUT2D eigenvalue weighted by Gasteiger charge is -2.04. The molecule has 12 heteroatoms. The molecule has 0 radical (unpaired) electrons. The number of hydrogen-bond donors (Lipinski definition) is 3. The first-order valence-electron chi connectivity index (χ1n) is 6.54. The highest BCUT2D eigenvalue weighted by molar-refractivity contribution is 7.91. The predicted molar refractivity (Wildman–Crippen MR) is 88.5 cm³/mol. The van der Waals surface area contributed by atoms with E-state index in [9.17, 15) is 21.6 Å². The van der Waals surface area contributed by atoms with E-state index in [0.29, 0.717) is 4.88 Å². The molecule has 24 heavy (non-hydrogen) atoms. The minimum absolute atomic E-state index is 0.00742. The molecule has 0 aliphatic rings. The van der Waals surface area contributed by atoms with Gasteiger partial charge in [0.2, 0.25) is 20.0 Å². The Balaban J connectivity index is 2.12. The third-order valence-corrected chi connectivity index (χ3v) is 7.04. The average molecular weight is 392 g/mol. The molecule has 0 bridgehead atoms. The number of carbonyl (C=O) groups is 1. The number of aryl methyl sites for hydroxylation is 1. The van der Waals surface area contributed by atoms with Gasteiger partial charge >= 0.3 is 0 Å². The third kappa shape index (κ3) is 4.02. The number of rotatable bonds is 6. The number of sulfonamides is 2. The first-order valence-corrected chi connectivity index (χ1v) is 10.4. The zero-order valence-corrected chi connectivity index (χ0v) is 15.3. The van der Waals surface area contributed by atoms with Gasteiger partial charge in [0.15, 0.2) is 0 Å². The van der Waals surface area contributed by atoms with Crippen LogP contribution in [0.1, 0.15) is 15.4 Å². The van der Waals surface area contributed by atoms with Crippen molar-refractivity contribution < 1.29 is 21.6 Å². The molecular formula is C12H16N4O5S3. The summed E-state index contributed by atoms with van der Waals surface area (Å²) in [6, 6.07) is 4.17. The van der Waals surface area contributed by atoms with Crippen molar-refractivity contribution in [2.45, 2.75) is 15.6 Å². The minimum Gasteiger partial charge on any atom is -0.346 e. The first-order chi connectivity index (χ1) is 11.0. The van der Waals surface area contributed by atoms with Crippen molar-refractivity contribution >= 4 is 37.3 Å². The van der Waals surface area contributed by atoms with Crippen LogP contribution >= 0.6 is 11.3 Å². The Hall–Kier alpha value is -1.73. The van der Waals surface area contributed by atoms with Crippen molar-refractivity contribution in [2.24, 2.45) is 12.2 Å². The topological polar surface area (TPSA) is 140 Å². The number of nitrogens with two attached hydrogens (primary N) is 1. The number of nitrogens with one attached hydrogen (secondary N) is 2. The molecule has 2 heterocycles. The van der Waals surface area contributed by atoms with E-state index in [-0.39, 0.29) is 21.3 Å². The summed E-state index contributed by atoms with van der Waals surface area (Å²) >= 11 is 0.954. The van der Waals surface area contributed by atoms with Crippen LogP contribution in [0.15, 0.2) is 33.5 Å². The Kier molecular flexibility index (Phi) is 5.15. The van der Waals surface area contributed by atoms with Crippen molar-refractivity contribution in [1.29, 1.82) is 0 Å². The van der Waals surface area contributed by atoms with E-state index in [1.54, 1.807) is 13.1 Å². The van der Waals surface area contributed by atoms with Gasteiger partial charge in [0.05, 0.1) is 6.54 Å². The van der Waals surface area contributed by atoms with Crippen LogP contribution in [0.2, 0.25) is 0 Å². The molecule has 1 amide bonds. The number of amides is 1. The second-order valence-corrected chi connectivity index (χ2v) is 9.67. The summed E-state index contributed by atoms with van der Waals surface area (Å²) in [6.45, 7) is 0.0955. The molecular weight excluding hydrogens is 376 g/mol. The molecule has 2 aromatic rings. The summed E-state index contributed by atoms with van der Waals surface area (Å²) < 4.78 is 49.5. The Morgan fingerprint density at radius 1 is 1.29 bits per heavy atom. The maximum Gasteiger partial charge on any atom is 0.268 e. The molecule has 0 saturated heterocycles. The lowest BCUT2D eigenvalue weighted by atomic mass is 10.4.